The minimum atomic E-state index is 1.14. The van der Waals surface area contributed by atoms with Gasteiger partial charge in [0.1, 0.15) is 0 Å². The van der Waals surface area contributed by atoms with Crippen molar-refractivity contribution in [2.45, 2.75) is 6.92 Å². The van der Waals surface area contributed by atoms with Crippen molar-refractivity contribution in [3.05, 3.63) is 163 Å². The number of rotatable bonds is 5. The maximum Gasteiger partial charge on any atom is 0.0542 e. The van der Waals surface area contributed by atoms with Crippen LogP contribution in [0.1, 0.15) is 18.2 Å². The molecular formula is C44H35N3S. The molecule has 0 fully saturated rings. The zero-order valence-corrected chi connectivity index (χ0v) is 27.8. The Morgan fingerprint density at radius 3 is 1.48 bits per heavy atom. The van der Waals surface area contributed by atoms with Crippen molar-refractivity contribution in [2.24, 2.45) is 0 Å². The second-order valence-corrected chi connectivity index (χ2v) is 11.8. The largest absolute Gasteiger partial charge is 0.316 e. The van der Waals surface area contributed by atoms with E-state index in [0.29, 0.717) is 0 Å². The predicted octanol–water partition coefficient (Wildman–Crippen LogP) is 12.0. The second-order valence-electron chi connectivity index (χ2n) is 11.8. The van der Waals surface area contributed by atoms with Crippen LogP contribution >= 0.6 is 12.6 Å². The fraction of sp³-hybridized carbons (Fsp3) is 0.0455. The van der Waals surface area contributed by atoms with E-state index in [1.165, 1.54) is 60.1 Å². The Morgan fingerprint density at radius 2 is 0.917 bits per heavy atom. The molecule has 0 aliphatic heterocycles. The third-order valence-corrected chi connectivity index (χ3v) is 9.21. The number of fused-ring (bicyclic) bond motifs is 7. The molecule has 0 saturated heterocycles. The van der Waals surface area contributed by atoms with E-state index < -0.39 is 0 Å². The van der Waals surface area contributed by atoms with E-state index in [9.17, 15) is 0 Å². The molecule has 9 aromatic rings. The van der Waals surface area contributed by atoms with Crippen LogP contribution in [0.2, 0.25) is 0 Å². The molecule has 48 heavy (non-hydrogen) atoms. The molecule has 3 aromatic heterocycles. The van der Waals surface area contributed by atoms with E-state index in [1.807, 2.05) is 0 Å². The minimum Gasteiger partial charge on any atom is -0.316 e. The lowest BCUT2D eigenvalue weighted by Gasteiger charge is -2.10. The normalized spacial score (nSPS) is 11.9. The van der Waals surface area contributed by atoms with Crippen LogP contribution in [0.3, 0.4) is 0 Å². The number of benzene rings is 6. The molecule has 0 spiro atoms. The van der Waals surface area contributed by atoms with E-state index in [0.717, 1.165) is 17.1 Å². The molecule has 0 radical (unpaired) electrons. The molecule has 0 aliphatic rings. The maximum absolute atomic E-state index is 3.53. The van der Waals surface area contributed by atoms with Crippen LogP contribution in [0.15, 0.2) is 152 Å². The molecule has 232 valence electrons. The van der Waals surface area contributed by atoms with Crippen LogP contribution < -0.4 is 0 Å². The minimum absolute atomic E-state index is 1.14. The van der Waals surface area contributed by atoms with Crippen LogP contribution in [0.4, 0.5) is 0 Å². The number of thiol groups is 1. The number of para-hydroxylation sites is 5. The van der Waals surface area contributed by atoms with Gasteiger partial charge in [0, 0.05) is 50.1 Å². The van der Waals surface area contributed by atoms with Crippen molar-refractivity contribution in [1.29, 1.82) is 0 Å². The van der Waals surface area contributed by atoms with Gasteiger partial charge in [-0.3, -0.25) is 0 Å². The fourth-order valence-corrected chi connectivity index (χ4v) is 7.28. The summed E-state index contributed by atoms with van der Waals surface area (Å²) in [5.41, 5.74) is 10.6. The van der Waals surface area contributed by atoms with Crippen molar-refractivity contribution < 1.29 is 0 Å². The van der Waals surface area contributed by atoms with Gasteiger partial charge in [0.25, 0.3) is 0 Å². The molecule has 9 rings (SSSR count). The third kappa shape index (κ3) is 4.68. The molecule has 0 amide bonds. The molecule has 0 N–H and O–H groups in total. The first kappa shape index (κ1) is 29.7. The first-order valence-electron chi connectivity index (χ1n) is 16.3. The van der Waals surface area contributed by atoms with E-state index in [-0.39, 0.29) is 0 Å². The number of hydrogen-bond acceptors (Lipinski definition) is 1. The van der Waals surface area contributed by atoms with Gasteiger partial charge >= 0.3 is 0 Å². The second kappa shape index (κ2) is 12.5. The van der Waals surface area contributed by atoms with Gasteiger partial charge in [-0.15, -0.1) is 0 Å². The standard InChI is InChI=1S/C43H31N3.CH4S/c1-2-14-40-36(27-28-44-38-21-10-6-17-32(38)33-18-7-11-22-39(33)44)37-29-31(25-26-43(37)45(40)30-15-4-3-5-16-30)46-41-23-12-8-19-34(41)35-20-9-13-24-42(35)46;1-2/h2-29H,1H3;2H,1H3/b14-2-,28-27+;. The fourth-order valence-electron chi connectivity index (χ4n) is 7.28. The molecule has 0 unspecified atom stereocenters. The number of nitrogens with zero attached hydrogens (tertiary/aromatic N) is 3. The topological polar surface area (TPSA) is 14.8 Å². The summed E-state index contributed by atoms with van der Waals surface area (Å²) in [6, 6.07) is 52.3. The van der Waals surface area contributed by atoms with Gasteiger partial charge in [-0.1, -0.05) is 97.1 Å². The Kier molecular flexibility index (Phi) is 7.71. The average molecular weight is 638 g/mol. The number of hydrogen-bond donors (Lipinski definition) is 1. The van der Waals surface area contributed by atoms with Crippen molar-refractivity contribution >= 4 is 85.5 Å². The summed E-state index contributed by atoms with van der Waals surface area (Å²) in [4.78, 5) is 0. The lowest BCUT2D eigenvalue weighted by molar-refractivity contribution is 1.10. The molecule has 0 saturated carbocycles. The summed E-state index contributed by atoms with van der Waals surface area (Å²) in [5, 5.41) is 6.25. The SMILES string of the molecule is C/C=C\c1c(/C=C/n2c3ccccc3c3ccccc32)c2cc(-n3c4ccccc4c4ccccc43)ccc2n1-c1ccccc1.CS. The first-order valence-corrected chi connectivity index (χ1v) is 17.2. The van der Waals surface area contributed by atoms with Gasteiger partial charge in [0.2, 0.25) is 0 Å². The smallest absolute Gasteiger partial charge is 0.0542 e. The quantitative estimate of drug-likeness (QED) is 0.181. The molecule has 0 aliphatic carbocycles. The summed E-state index contributed by atoms with van der Waals surface area (Å²) < 4.78 is 7.11. The van der Waals surface area contributed by atoms with Crippen molar-refractivity contribution in [3.63, 3.8) is 0 Å². The zero-order valence-electron chi connectivity index (χ0n) is 27.0. The third-order valence-electron chi connectivity index (χ3n) is 9.21. The summed E-state index contributed by atoms with van der Waals surface area (Å²) in [5.74, 6) is 0. The highest BCUT2D eigenvalue weighted by Crippen LogP contribution is 2.37. The van der Waals surface area contributed by atoms with Gasteiger partial charge in [-0.2, -0.15) is 12.6 Å². The van der Waals surface area contributed by atoms with Crippen molar-refractivity contribution in [1.82, 2.24) is 13.7 Å². The highest BCUT2D eigenvalue weighted by Gasteiger charge is 2.18. The van der Waals surface area contributed by atoms with Gasteiger partial charge < -0.3 is 13.7 Å². The zero-order chi connectivity index (χ0) is 32.6. The lowest BCUT2D eigenvalue weighted by Crippen LogP contribution is -1.97. The Bertz CT molecular complexity index is 2540. The van der Waals surface area contributed by atoms with Gasteiger partial charge in [0.05, 0.1) is 33.3 Å². The highest BCUT2D eigenvalue weighted by molar-refractivity contribution is 7.79. The number of aromatic nitrogens is 3. The van der Waals surface area contributed by atoms with Crippen LogP contribution in [0.25, 0.3) is 84.2 Å². The average Bonchev–Trinajstić information content (AvgIpc) is 3.77. The molecular weight excluding hydrogens is 603 g/mol. The Morgan fingerprint density at radius 1 is 0.438 bits per heavy atom. The maximum atomic E-state index is 3.53. The Hall–Kier alpha value is -5.71. The van der Waals surface area contributed by atoms with Crippen LogP contribution in [0, 0.1) is 0 Å². The van der Waals surface area contributed by atoms with Crippen LogP contribution in [-0.2, 0) is 0 Å². The Labute approximate surface area is 285 Å². The molecule has 0 atom stereocenters. The number of allylic oxidation sites excluding steroid dienone is 1. The van der Waals surface area contributed by atoms with Crippen LogP contribution in [-0.4, -0.2) is 20.0 Å². The van der Waals surface area contributed by atoms with E-state index in [1.54, 1.807) is 6.26 Å². The van der Waals surface area contributed by atoms with Gasteiger partial charge in [-0.25, -0.2) is 0 Å². The molecule has 3 heterocycles. The monoisotopic (exact) mass is 637 g/mol. The molecule has 6 aromatic carbocycles. The summed E-state index contributed by atoms with van der Waals surface area (Å²) in [6.07, 6.45) is 10.6. The summed E-state index contributed by atoms with van der Waals surface area (Å²) >= 11 is 3.53. The summed E-state index contributed by atoms with van der Waals surface area (Å²) in [7, 11) is 0. The molecule has 4 heteroatoms. The highest BCUT2D eigenvalue weighted by atomic mass is 32.1. The predicted molar refractivity (Wildman–Crippen MR) is 212 cm³/mol. The molecule has 0 bridgehead atoms. The Balaban J connectivity index is 0.00000165. The van der Waals surface area contributed by atoms with Crippen molar-refractivity contribution in [2.75, 3.05) is 6.26 Å². The van der Waals surface area contributed by atoms with E-state index >= 15 is 0 Å². The summed E-state index contributed by atoms with van der Waals surface area (Å²) in [6.45, 7) is 2.09. The van der Waals surface area contributed by atoms with Crippen molar-refractivity contribution in [3.8, 4) is 11.4 Å². The van der Waals surface area contributed by atoms with Crippen LogP contribution in [0.5, 0.6) is 0 Å². The first-order chi connectivity index (χ1) is 23.8. The van der Waals surface area contributed by atoms with E-state index in [4.69, 9.17) is 0 Å². The molecule has 3 nitrogen and oxygen atoms in total. The van der Waals surface area contributed by atoms with E-state index in [2.05, 4.69) is 203 Å². The van der Waals surface area contributed by atoms with Gasteiger partial charge in [0.15, 0.2) is 0 Å². The van der Waals surface area contributed by atoms with Gasteiger partial charge in [-0.05, 0) is 79.9 Å². The lowest BCUT2D eigenvalue weighted by atomic mass is 10.1.